The SMILES string of the molecule is O[C@@H]1CN(Cc2ccccc2OC(F)F)C[C@H]1Cc1cnccn1. The minimum atomic E-state index is -2.85. The number of hydrogen-bond acceptors (Lipinski definition) is 5. The molecular weight excluding hydrogens is 316 g/mol. The van der Waals surface area contributed by atoms with Gasteiger partial charge in [0.2, 0.25) is 0 Å². The third kappa shape index (κ3) is 4.24. The molecule has 0 bridgehead atoms. The summed E-state index contributed by atoms with van der Waals surface area (Å²) in [5.74, 6) is 0.226. The summed E-state index contributed by atoms with van der Waals surface area (Å²) in [7, 11) is 0. The third-order valence-corrected chi connectivity index (χ3v) is 4.15. The van der Waals surface area contributed by atoms with E-state index in [0.717, 1.165) is 5.69 Å². The van der Waals surface area contributed by atoms with Crippen LogP contribution >= 0.6 is 0 Å². The van der Waals surface area contributed by atoms with Crippen molar-refractivity contribution < 1.29 is 18.6 Å². The van der Waals surface area contributed by atoms with Crippen molar-refractivity contribution in [3.8, 4) is 5.75 Å². The van der Waals surface area contributed by atoms with E-state index in [2.05, 4.69) is 14.7 Å². The maximum Gasteiger partial charge on any atom is 0.387 e. The molecule has 7 heteroatoms. The van der Waals surface area contributed by atoms with E-state index in [9.17, 15) is 13.9 Å². The smallest absolute Gasteiger partial charge is 0.387 e. The molecule has 0 spiro atoms. The average molecular weight is 335 g/mol. The van der Waals surface area contributed by atoms with E-state index < -0.39 is 12.7 Å². The van der Waals surface area contributed by atoms with Gasteiger partial charge in [0.1, 0.15) is 5.75 Å². The molecule has 24 heavy (non-hydrogen) atoms. The van der Waals surface area contributed by atoms with E-state index in [-0.39, 0.29) is 11.7 Å². The minimum absolute atomic E-state index is 0.0462. The highest BCUT2D eigenvalue weighted by Gasteiger charge is 2.32. The van der Waals surface area contributed by atoms with Crippen LogP contribution in [0.25, 0.3) is 0 Å². The van der Waals surface area contributed by atoms with Gasteiger partial charge in [-0.2, -0.15) is 8.78 Å². The number of aliphatic hydroxyl groups excluding tert-OH is 1. The molecule has 2 aromatic rings. The maximum atomic E-state index is 12.5. The molecule has 5 nitrogen and oxygen atoms in total. The lowest BCUT2D eigenvalue weighted by molar-refractivity contribution is -0.0507. The predicted octanol–water partition coefficient (Wildman–Crippen LogP) is 2.11. The van der Waals surface area contributed by atoms with E-state index in [1.807, 2.05) is 4.90 Å². The molecular formula is C17H19F2N3O2. The van der Waals surface area contributed by atoms with Crippen molar-refractivity contribution in [2.75, 3.05) is 13.1 Å². The molecule has 0 saturated carbocycles. The lowest BCUT2D eigenvalue weighted by Crippen LogP contribution is -2.22. The standard InChI is InChI=1S/C17H19F2N3O2/c18-17(19)24-16-4-2-1-3-12(16)9-22-10-13(15(23)11-22)7-14-8-20-5-6-21-14/h1-6,8,13,15,17,23H,7,9-11H2/t13-,15-/m1/s1. The number of rotatable bonds is 6. The fourth-order valence-electron chi connectivity index (χ4n) is 3.06. The first kappa shape index (κ1) is 16.7. The molecule has 2 heterocycles. The maximum absolute atomic E-state index is 12.5. The summed E-state index contributed by atoms with van der Waals surface area (Å²) in [4.78, 5) is 10.3. The lowest BCUT2D eigenvalue weighted by atomic mass is 10.0. The van der Waals surface area contributed by atoms with Crippen LogP contribution < -0.4 is 4.74 Å². The molecule has 1 fully saturated rings. The average Bonchev–Trinajstić information content (AvgIpc) is 2.89. The fraction of sp³-hybridized carbons (Fsp3) is 0.412. The number of β-amino-alcohol motifs (C(OH)–C–C–N with tert-alkyl or cyclic N) is 1. The van der Waals surface area contributed by atoms with Crippen molar-refractivity contribution >= 4 is 0 Å². The number of benzene rings is 1. The highest BCUT2D eigenvalue weighted by Crippen LogP contribution is 2.26. The van der Waals surface area contributed by atoms with Crippen LogP contribution in [0, 0.1) is 5.92 Å². The van der Waals surface area contributed by atoms with Crippen LogP contribution in [0.1, 0.15) is 11.3 Å². The Morgan fingerprint density at radius 1 is 1.25 bits per heavy atom. The molecule has 0 amide bonds. The van der Waals surface area contributed by atoms with Crippen molar-refractivity contribution in [2.24, 2.45) is 5.92 Å². The first-order chi connectivity index (χ1) is 11.6. The molecule has 0 unspecified atom stereocenters. The van der Waals surface area contributed by atoms with Gasteiger partial charge in [-0.3, -0.25) is 14.9 Å². The fourth-order valence-corrected chi connectivity index (χ4v) is 3.06. The predicted molar refractivity (Wildman–Crippen MR) is 83.6 cm³/mol. The zero-order valence-electron chi connectivity index (χ0n) is 13.1. The highest BCUT2D eigenvalue weighted by molar-refractivity contribution is 5.33. The van der Waals surface area contributed by atoms with Gasteiger partial charge in [0.05, 0.1) is 11.8 Å². The van der Waals surface area contributed by atoms with Gasteiger partial charge in [0.15, 0.2) is 0 Å². The summed E-state index contributed by atoms with van der Waals surface area (Å²) in [6.07, 6.45) is 5.10. The first-order valence-corrected chi connectivity index (χ1v) is 7.80. The molecule has 1 N–H and O–H groups in total. The largest absolute Gasteiger partial charge is 0.434 e. The van der Waals surface area contributed by atoms with Crippen molar-refractivity contribution in [2.45, 2.75) is 25.7 Å². The Balaban J connectivity index is 1.63. The second-order valence-electron chi connectivity index (χ2n) is 5.91. The molecule has 128 valence electrons. The summed E-state index contributed by atoms with van der Waals surface area (Å²) in [6, 6.07) is 6.75. The Labute approximate surface area is 138 Å². The zero-order chi connectivity index (χ0) is 16.9. The number of para-hydroxylation sites is 1. The van der Waals surface area contributed by atoms with Gasteiger partial charge in [0.25, 0.3) is 0 Å². The zero-order valence-corrected chi connectivity index (χ0v) is 13.1. The molecule has 0 radical (unpaired) electrons. The second kappa shape index (κ2) is 7.63. The highest BCUT2D eigenvalue weighted by atomic mass is 19.3. The number of aliphatic hydroxyl groups is 1. The van der Waals surface area contributed by atoms with Crippen LogP contribution in [-0.2, 0) is 13.0 Å². The van der Waals surface area contributed by atoms with Crippen LogP contribution in [-0.4, -0.2) is 45.8 Å². The van der Waals surface area contributed by atoms with Crippen molar-refractivity contribution in [1.82, 2.24) is 14.9 Å². The quantitative estimate of drug-likeness (QED) is 0.876. The van der Waals surface area contributed by atoms with Crippen molar-refractivity contribution in [1.29, 1.82) is 0 Å². The second-order valence-corrected chi connectivity index (χ2v) is 5.91. The number of aromatic nitrogens is 2. The van der Waals surface area contributed by atoms with Gasteiger partial charge >= 0.3 is 6.61 Å². The normalized spacial score (nSPS) is 21.3. The number of alkyl halides is 2. The van der Waals surface area contributed by atoms with E-state index in [1.54, 1.807) is 36.8 Å². The number of nitrogens with zero attached hydrogens (tertiary/aromatic N) is 3. The summed E-state index contributed by atoms with van der Waals surface area (Å²) < 4.78 is 29.5. The van der Waals surface area contributed by atoms with Gasteiger partial charge in [-0.25, -0.2) is 0 Å². The van der Waals surface area contributed by atoms with Crippen molar-refractivity contribution in [3.63, 3.8) is 0 Å². The molecule has 2 atom stereocenters. The first-order valence-electron chi connectivity index (χ1n) is 7.80. The molecule has 3 rings (SSSR count). The van der Waals surface area contributed by atoms with E-state index in [1.165, 1.54) is 6.07 Å². The molecule has 1 aliphatic rings. The molecule has 1 saturated heterocycles. The minimum Gasteiger partial charge on any atom is -0.434 e. The van der Waals surface area contributed by atoms with E-state index >= 15 is 0 Å². The molecule has 0 aliphatic carbocycles. The summed E-state index contributed by atoms with van der Waals surface area (Å²) >= 11 is 0. The number of halogens is 2. The summed E-state index contributed by atoms with van der Waals surface area (Å²) in [5, 5.41) is 10.3. The number of ether oxygens (including phenoxy) is 1. The van der Waals surface area contributed by atoms with Gasteiger partial charge in [-0.1, -0.05) is 18.2 Å². The monoisotopic (exact) mass is 335 g/mol. The van der Waals surface area contributed by atoms with Crippen LogP contribution in [0.4, 0.5) is 8.78 Å². The number of likely N-dealkylation sites (tertiary alicyclic amines) is 1. The van der Waals surface area contributed by atoms with E-state index in [4.69, 9.17) is 0 Å². The van der Waals surface area contributed by atoms with Crippen LogP contribution in [0.5, 0.6) is 5.75 Å². The van der Waals surface area contributed by atoms with E-state index in [0.29, 0.717) is 31.6 Å². The number of hydrogen-bond donors (Lipinski definition) is 1. The van der Waals surface area contributed by atoms with Gasteiger partial charge in [-0.05, 0) is 12.5 Å². The molecule has 1 aromatic heterocycles. The van der Waals surface area contributed by atoms with Crippen LogP contribution in [0.15, 0.2) is 42.9 Å². The van der Waals surface area contributed by atoms with Gasteiger partial charge < -0.3 is 9.84 Å². The third-order valence-electron chi connectivity index (χ3n) is 4.15. The van der Waals surface area contributed by atoms with Gasteiger partial charge in [-0.15, -0.1) is 0 Å². The van der Waals surface area contributed by atoms with Crippen LogP contribution in [0.3, 0.4) is 0 Å². The Morgan fingerprint density at radius 3 is 2.83 bits per heavy atom. The Bertz CT molecular complexity index is 657. The van der Waals surface area contributed by atoms with Gasteiger partial charge in [0, 0.05) is 49.7 Å². The van der Waals surface area contributed by atoms with Crippen LogP contribution in [0.2, 0.25) is 0 Å². The Kier molecular flexibility index (Phi) is 5.32. The Hall–Kier alpha value is -2.12. The van der Waals surface area contributed by atoms with Crippen molar-refractivity contribution in [3.05, 3.63) is 54.1 Å². The molecule has 1 aliphatic heterocycles. The Morgan fingerprint density at radius 2 is 2.08 bits per heavy atom. The molecule has 1 aromatic carbocycles. The topological polar surface area (TPSA) is 58.5 Å². The lowest BCUT2D eigenvalue weighted by Gasteiger charge is -2.18. The summed E-state index contributed by atoms with van der Waals surface area (Å²) in [6.45, 7) is -1.23. The summed E-state index contributed by atoms with van der Waals surface area (Å²) in [5.41, 5.74) is 1.52.